The van der Waals surface area contributed by atoms with Crippen molar-refractivity contribution in [2.24, 2.45) is 0 Å². The van der Waals surface area contributed by atoms with Crippen LogP contribution in [-0.4, -0.2) is 67.3 Å². The zero-order chi connectivity index (χ0) is 25.4. The maximum atomic E-state index is 12.6. The maximum absolute atomic E-state index is 12.6. The molecule has 188 valence electrons. The van der Waals surface area contributed by atoms with E-state index in [0.29, 0.717) is 19.4 Å². The number of carbonyl (C=O) groups excluding carboxylic acids is 2. The minimum absolute atomic E-state index is 0.0101. The minimum atomic E-state index is -1.07. The van der Waals surface area contributed by atoms with Gasteiger partial charge in [0.25, 0.3) is 0 Å². The third-order valence-corrected chi connectivity index (χ3v) is 6.23. The summed E-state index contributed by atoms with van der Waals surface area (Å²) in [6.45, 7) is 2.69. The number of amides is 2. The number of benzene rings is 2. The monoisotopic (exact) mass is 481 g/mol. The largest absolute Gasteiger partial charge is 0.480 e. The van der Waals surface area contributed by atoms with Gasteiger partial charge in [0.1, 0.15) is 12.6 Å². The van der Waals surface area contributed by atoms with Crippen LogP contribution < -0.4 is 10.6 Å². The highest BCUT2D eigenvalue weighted by atomic mass is 16.5. The van der Waals surface area contributed by atoms with Crippen molar-refractivity contribution in [1.29, 1.82) is 0 Å². The Bertz CT molecular complexity index is 993. The van der Waals surface area contributed by atoms with Crippen LogP contribution >= 0.6 is 0 Å². The molecule has 0 bridgehead atoms. The number of fused-ring (bicyclic) bond motifs is 3. The summed E-state index contributed by atoms with van der Waals surface area (Å²) < 4.78 is 5.60. The van der Waals surface area contributed by atoms with Gasteiger partial charge in [-0.25, -0.2) is 9.59 Å². The Labute approximate surface area is 206 Å². The van der Waals surface area contributed by atoms with Gasteiger partial charge in [-0.15, -0.1) is 0 Å². The molecule has 2 aromatic rings. The Kier molecular flexibility index (Phi) is 9.25. The molecule has 0 aromatic heterocycles. The summed E-state index contributed by atoms with van der Waals surface area (Å²) in [7, 11) is 3.69. The van der Waals surface area contributed by atoms with E-state index in [-0.39, 0.29) is 18.9 Å². The van der Waals surface area contributed by atoms with E-state index in [4.69, 9.17) is 4.74 Å². The Morgan fingerprint density at radius 1 is 0.971 bits per heavy atom. The Balaban J connectivity index is 1.56. The second-order valence-corrected chi connectivity index (χ2v) is 9.21. The first-order chi connectivity index (χ1) is 16.8. The van der Waals surface area contributed by atoms with Crippen molar-refractivity contribution in [3.05, 3.63) is 59.7 Å². The second-order valence-electron chi connectivity index (χ2n) is 9.21. The number of carbonyl (C=O) groups is 3. The number of carboxylic acids is 1. The van der Waals surface area contributed by atoms with Crippen LogP contribution in [0.2, 0.25) is 0 Å². The van der Waals surface area contributed by atoms with Crippen molar-refractivity contribution in [3.63, 3.8) is 0 Å². The van der Waals surface area contributed by atoms with E-state index in [1.54, 1.807) is 0 Å². The molecule has 3 N–H and O–H groups in total. The minimum Gasteiger partial charge on any atom is -0.480 e. The molecule has 3 rings (SSSR count). The zero-order valence-corrected chi connectivity index (χ0v) is 20.6. The van der Waals surface area contributed by atoms with Gasteiger partial charge in [-0.05, 0) is 49.2 Å². The third kappa shape index (κ3) is 7.05. The fourth-order valence-electron chi connectivity index (χ4n) is 4.50. The first-order valence-corrected chi connectivity index (χ1v) is 12.1. The van der Waals surface area contributed by atoms with Crippen molar-refractivity contribution < 1.29 is 24.2 Å². The van der Waals surface area contributed by atoms with Crippen LogP contribution in [0.1, 0.15) is 49.7 Å². The van der Waals surface area contributed by atoms with Gasteiger partial charge in [0.2, 0.25) is 5.91 Å². The van der Waals surface area contributed by atoms with Gasteiger partial charge in [-0.2, -0.15) is 0 Å². The summed E-state index contributed by atoms with van der Waals surface area (Å²) in [6, 6.07) is 14.8. The van der Waals surface area contributed by atoms with Crippen LogP contribution in [-0.2, 0) is 14.3 Å². The molecular formula is C27H35N3O5. The smallest absolute Gasteiger partial charge is 0.407 e. The summed E-state index contributed by atoms with van der Waals surface area (Å²) in [5.74, 6) is -1.53. The summed E-state index contributed by atoms with van der Waals surface area (Å²) in [5.41, 5.74) is 4.56. The molecule has 0 saturated carbocycles. The fraction of sp³-hybridized carbons (Fsp3) is 0.444. The van der Waals surface area contributed by atoms with Gasteiger partial charge in [0, 0.05) is 24.9 Å². The van der Waals surface area contributed by atoms with Gasteiger partial charge in [-0.3, -0.25) is 4.79 Å². The van der Waals surface area contributed by atoms with Crippen LogP contribution in [0.15, 0.2) is 48.5 Å². The number of carboxylic acid groups (broad SMARTS) is 1. The molecule has 0 aliphatic heterocycles. The van der Waals surface area contributed by atoms with Gasteiger partial charge < -0.3 is 25.4 Å². The second kappa shape index (κ2) is 12.4. The van der Waals surface area contributed by atoms with Crippen LogP contribution in [0.25, 0.3) is 11.1 Å². The lowest BCUT2D eigenvalue weighted by Gasteiger charge is -2.21. The number of ether oxygens (including phenoxy) is 1. The highest BCUT2D eigenvalue weighted by Gasteiger charge is 2.29. The van der Waals surface area contributed by atoms with Crippen molar-refractivity contribution in [1.82, 2.24) is 15.5 Å². The number of alkyl carbamates (subject to hydrolysis) is 1. The van der Waals surface area contributed by atoms with E-state index >= 15 is 0 Å². The summed E-state index contributed by atoms with van der Waals surface area (Å²) in [4.78, 5) is 38.5. The predicted octanol–water partition coefficient (Wildman–Crippen LogP) is 3.61. The average molecular weight is 482 g/mol. The number of hydrogen-bond donors (Lipinski definition) is 3. The highest BCUT2D eigenvalue weighted by Crippen LogP contribution is 2.44. The van der Waals surface area contributed by atoms with Crippen molar-refractivity contribution >= 4 is 18.0 Å². The number of hydrogen-bond acceptors (Lipinski definition) is 5. The SMILES string of the molecule is CCC[C@@H](CC(=O)NC(CCN(C)C)C(=O)O)NC(=O)OCC1c2ccccc2-c2ccccc21. The summed E-state index contributed by atoms with van der Waals surface area (Å²) in [5, 5.41) is 14.8. The van der Waals surface area contributed by atoms with Gasteiger partial charge in [0.15, 0.2) is 0 Å². The quantitative estimate of drug-likeness (QED) is 0.428. The molecule has 0 heterocycles. The molecule has 8 nitrogen and oxygen atoms in total. The predicted molar refractivity (Wildman–Crippen MR) is 134 cm³/mol. The van der Waals surface area contributed by atoms with Crippen LogP contribution in [0.5, 0.6) is 0 Å². The van der Waals surface area contributed by atoms with E-state index in [1.165, 1.54) is 0 Å². The molecule has 8 heteroatoms. The fourth-order valence-corrected chi connectivity index (χ4v) is 4.50. The molecule has 2 amide bonds. The Morgan fingerprint density at radius 3 is 2.11 bits per heavy atom. The molecule has 0 saturated heterocycles. The molecule has 1 unspecified atom stereocenters. The maximum Gasteiger partial charge on any atom is 0.407 e. The molecule has 0 radical (unpaired) electrons. The lowest BCUT2D eigenvalue weighted by atomic mass is 9.98. The molecule has 0 fully saturated rings. The molecular weight excluding hydrogens is 446 g/mol. The molecule has 1 aliphatic carbocycles. The number of aliphatic carboxylic acids is 1. The summed E-state index contributed by atoms with van der Waals surface area (Å²) >= 11 is 0. The summed E-state index contributed by atoms with van der Waals surface area (Å²) in [6.07, 6.45) is 1.04. The molecule has 2 aromatic carbocycles. The molecule has 35 heavy (non-hydrogen) atoms. The first kappa shape index (κ1) is 26.2. The van der Waals surface area contributed by atoms with E-state index in [9.17, 15) is 19.5 Å². The van der Waals surface area contributed by atoms with Gasteiger partial charge in [-0.1, -0.05) is 61.9 Å². The van der Waals surface area contributed by atoms with Gasteiger partial charge >= 0.3 is 12.1 Å². The van der Waals surface area contributed by atoms with Gasteiger partial charge in [0.05, 0.1) is 0 Å². The van der Waals surface area contributed by atoms with E-state index in [0.717, 1.165) is 28.7 Å². The van der Waals surface area contributed by atoms with Crippen LogP contribution in [0.4, 0.5) is 4.79 Å². The number of nitrogens with one attached hydrogen (secondary N) is 2. The average Bonchev–Trinajstić information content (AvgIpc) is 3.14. The number of rotatable bonds is 12. The molecule has 1 aliphatic rings. The molecule has 0 spiro atoms. The first-order valence-electron chi connectivity index (χ1n) is 12.1. The van der Waals surface area contributed by atoms with Crippen molar-refractivity contribution in [2.75, 3.05) is 27.2 Å². The van der Waals surface area contributed by atoms with E-state index in [2.05, 4.69) is 34.9 Å². The van der Waals surface area contributed by atoms with Crippen molar-refractivity contribution in [2.45, 2.75) is 50.6 Å². The lowest BCUT2D eigenvalue weighted by molar-refractivity contribution is -0.142. The van der Waals surface area contributed by atoms with Crippen molar-refractivity contribution in [3.8, 4) is 11.1 Å². The van der Waals surface area contributed by atoms with Crippen LogP contribution in [0.3, 0.4) is 0 Å². The molecule has 2 atom stereocenters. The Hall–Kier alpha value is -3.39. The lowest BCUT2D eigenvalue weighted by Crippen LogP contribution is -2.45. The van der Waals surface area contributed by atoms with E-state index < -0.39 is 30.1 Å². The third-order valence-electron chi connectivity index (χ3n) is 6.23. The normalized spacial score (nSPS) is 14.1. The topological polar surface area (TPSA) is 108 Å². The van der Waals surface area contributed by atoms with E-state index in [1.807, 2.05) is 50.2 Å². The highest BCUT2D eigenvalue weighted by molar-refractivity contribution is 5.84. The zero-order valence-electron chi connectivity index (χ0n) is 20.6. The standard InChI is InChI=1S/C27H35N3O5/c1-4-9-18(16-25(31)29-24(26(32)33)14-15-30(2)3)28-27(34)35-17-23-21-12-7-5-10-19(21)20-11-6-8-13-22(20)23/h5-8,10-13,18,23-24H,4,9,14-17H2,1-3H3,(H,28,34)(H,29,31)(H,32,33)/t18-,24?/m0/s1. The Morgan fingerprint density at radius 2 is 1.57 bits per heavy atom. The number of nitrogens with zero attached hydrogens (tertiary/aromatic N) is 1. The van der Waals surface area contributed by atoms with Crippen LogP contribution in [0, 0.1) is 0 Å².